The Morgan fingerprint density at radius 1 is 0.871 bits per heavy atom. The van der Waals surface area contributed by atoms with E-state index in [1.165, 1.54) is 12.1 Å². The predicted octanol–water partition coefficient (Wildman–Crippen LogP) is 5.23. The summed E-state index contributed by atoms with van der Waals surface area (Å²) < 4.78 is 5.33. The number of non-ortho nitro benzene ring substituents is 2. The molecule has 0 aliphatic heterocycles. The summed E-state index contributed by atoms with van der Waals surface area (Å²) in [7, 11) is 0. The van der Waals surface area contributed by atoms with Gasteiger partial charge in [-0.1, -0.05) is 39.0 Å². The maximum Gasteiger partial charge on any atom is 0.339 e. The normalized spacial score (nSPS) is 11.7. The first-order valence-electron chi connectivity index (χ1n) is 10.2. The molecule has 0 bridgehead atoms. The van der Waals surface area contributed by atoms with Gasteiger partial charge in [0.2, 0.25) is 0 Å². The first-order chi connectivity index (χ1) is 14.8. The van der Waals surface area contributed by atoms with Gasteiger partial charge in [-0.25, -0.2) is 4.79 Å². The Kier molecular flexibility index (Phi) is 6.74. The first-order valence-corrected chi connectivity index (χ1v) is 10.2. The summed E-state index contributed by atoms with van der Waals surface area (Å²) in [5.41, 5.74) is -0.231. The van der Waals surface area contributed by atoms with Gasteiger partial charge in [-0.05, 0) is 18.1 Å². The topological polar surface area (TPSA) is 130 Å². The van der Waals surface area contributed by atoms with Crippen molar-refractivity contribution in [3.8, 4) is 11.1 Å². The van der Waals surface area contributed by atoms with Crippen LogP contribution in [0.5, 0.6) is 0 Å². The smallest absolute Gasteiger partial charge is 0.339 e. The third kappa shape index (κ3) is 4.60. The Morgan fingerprint density at radius 2 is 1.52 bits per heavy atom. The van der Waals surface area contributed by atoms with Gasteiger partial charge in [0, 0.05) is 41.0 Å². The average Bonchev–Trinajstić information content (AvgIpc) is 3.04. The van der Waals surface area contributed by atoms with E-state index in [1.807, 2.05) is 0 Å². The fourth-order valence-electron chi connectivity index (χ4n) is 3.68. The second kappa shape index (κ2) is 9.46. The van der Waals surface area contributed by atoms with Crippen LogP contribution in [0.3, 0.4) is 0 Å². The van der Waals surface area contributed by atoms with Crippen molar-refractivity contribution in [1.29, 1.82) is 0 Å². The van der Waals surface area contributed by atoms with Crippen LogP contribution in [0.1, 0.15) is 71.7 Å². The SMILES string of the molecule is CCCCCCCCOC(=O)c1cc([N+](=O)[O-])cc2c1-c1ccc([N+](=O)[O-])cc1C2=O. The molecule has 0 heterocycles. The monoisotopic (exact) mass is 426 g/mol. The molecule has 31 heavy (non-hydrogen) atoms. The lowest BCUT2D eigenvalue weighted by Crippen LogP contribution is -2.10. The van der Waals surface area contributed by atoms with E-state index >= 15 is 0 Å². The average molecular weight is 426 g/mol. The predicted molar refractivity (Wildman–Crippen MR) is 112 cm³/mol. The summed E-state index contributed by atoms with van der Waals surface area (Å²) >= 11 is 0. The standard InChI is InChI=1S/C22H22N2O7/c1-2-3-4-5-6-7-10-31-22(26)19-13-15(24(29)30)12-18-20(19)16-9-8-14(23(27)28)11-17(16)21(18)25/h8-9,11-13H,2-7,10H2,1H3. The molecule has 0 aromatic heterocycles. The number of hydrogen-bond acceptors (Lipinski definition) is 7. The van der Waals surface area contributed by atoms with Gasteiger partial charge in [0.15, 0.2) is 5.78 Å². The zero-order chi connectivity index (χ0) is 22.5. The minimum absolute atomic E-state index is 0.0313. The molecule has 2 aromatic carbocycles. The number of nitrogens with zero attached hydrogens (tertiary/aromatic N) is 2. The summed E-state index contributed by atoms with van der Waals surface area (Å²) in [6, 6.07) is 5.91. The van der Waals surface area contributed by atoms with Crippen molar-refractivity contribution >= 4 is 23.1 Å². The maximum absolute atomic E-state index is 12.8. The summed E-state index contributed by atoms with van der Waals surface area (Å²) in [4.78, 5) is 46.6. The van der Waals surface area contributed by atoms with Gasteiger partial charge in [-0.3, -0.25) is 25.0 Å². The number of esters is 1. The Bertz CT molecular complexity index is 1060. The second-order valence-electron chi connectivity index (χ2n) is 7.39. The molecule has 0 saturated carbocycles. The van der Waals surface area contributed by atoms with Crippen molar-refractivity contribution < 1.29 is 24.2 Å². The Labute approximate surface area is 178 Å². The van der Waals surface area contributed by atoms with Gasteiger partial charge in [-0.15, -0.1) is 0 Å². The van der Waals surface area contributed by atoms with Gasteiger partial charge in [0.05, 0.1) is 22.0 Å². The van der Waals surface area contributed by atoms with Crippen LogP contribution in [-0.4, -0.2) is 28.2 Å². The van der Waals surface area contributed by atoms with E-state index in [0.29, 0.717) is 12.0 Å². The highest BCUT2D eigenvalue weighted by molar-refractivity contribution is 6.24. The molecule has 0 spiro atoms. The molecule has 1 aliphatic carbocycles. The Balaban J connectivity index is 1.89. The summed E-state index contributed by atoms with van der Waals surface area (Å²) in [6.07, 6.45) is 6.03. The molecule has 0 atom stereocenters. The van der Waals surface area contributed by atoms with E-state index < -0.39 is 27.3 Å². The molecule has 9 heteroatoms. The molecule has 0 saturated heterocycles. The van der Waals surface area contributed by atoms with Gasteiger partial charge >= 0.3 is 5.97 Å². The van der Waals surface area contributed by atoms with Crippen molar-refractivity contribution in [2.24, 2.45) is 0 Å². The highest BCUT2D eigenvalue weighted by atomic mass is 16.6. The van der Waals surface area contributed by atoms with Crippen molar-refractivity contribution in [2.75, 3.05) is 6.61 Å². The maximum atomic E-state index is 12.8. The molecular formula is C22H22N2O7. The summed E-state index contributed by atoms with van der Waals surface area (Å²) in [6.45, 7) is 2.30. The quantitative estimate of drug-likeness (QED) is 0.188. The molecule has 0 N–H and O–H groups in total. The van der Waals surface area contributed by atoms with Crippen LogP contribution in [0.15, 0.2) is 30.3 Å². The molecule has 9 nitrogen and oxygen atoms in total. The number of ketones is 1. The molecule has 162 valence electrons. The number of rotatable bonds is 10. The fourth-order valence-corrected chi connectivity index (χ4v) is 3.68. The van der Waals surface area contributed by atoms with Gasteiger partial charge in [-0.2, -0.15) is 0 Å². The van der Waals surface area contributed by atoms with Crippen LogP contribution in [0, 0.1) is 20.2 Å². The zero-order valence-electron chi connectivity index (χ0n) is 17.1. The van der Waals surface area contributed by atoms with Crippen LogP contribution >= 0.6 is 0 Å². The number of unbranched alkanes of at least 4 members (excludes halogenated alkanes) is 5. The first kappa shape index (κ1) is 22.1. The molecular weight excluding hydrogens is 404 g/mol. The number of benzene rings is 2. The lowest BCUT2D eigenvalue weighted by atomic mass is 9.98. The summed E-state index contributed by atoms with van der Waals surface area (Å²) in [5.74, 6) is -1.35. The molecule has 0 amide bonds. The third-order valence-corrected chi connectivity index (χ3v) is 5.26. The number of nitro groups is 2. The van der Waals surface area contributed by atoms with Crippen LogP contribution in [0.2, 0.25) is 0 Å². The molecule has 2 aromatic rings. The van der Waals surface area contributed by atoms with Crippen LogP contribution < -0.4 is 0 Å². The van der Waals surface area contributed by atoms with Crippen LogP contribution in [0.25, 0.3) is 11.1 Å². The molecule has 0 radical (unpaired) electrons. The van der Waals surface area contributed by atoms with Crippen molar-refractivity contribution in [3.63, 3.8) is 0 Å². The van der Waals surface area contributed by atoms with Gasteiger partial charge in [0.25, 0.3) is 11.4 Å². The van der Waals surface area contributed by atoms with E-state index in [0.717, 1.165) is 50.3 Å². The number of ether oxygens (including phenoxy) is 1. The third-order valence-electron chi connectivity index (χ3n) is 5.26. The molecule has 1 aliphatic rings. The van der Waals surface area contributed by atoms with E-state index in [9.17, 15) is 29.8 Å². The van der Waals surface area contributed by atoms with Gasteiger partial charge in [0.1, 0.15) is 0 Å². The molecule has 0 unspecified atom stereocenters. The Morgan fingerprint density at radius 3 is 2.19 bits per heavy atom. The number of carbonyl (C=O) groups is 2. The van der Waals surface area contributed by atoms with Crippen LogP contribution in [-0.2, 0) is 4.74 Å². The van der Waals surface area contributed by atoms with Crippen LogP contribution in [0.4, 0.5) is 11.4 Å². The number of nitro benzene ring substituents is 2. The highest BCUT2D eigenvalue weighted by Crippen LogP contribution is 2.42. The number of carbonyl (C=O) groups excluding carboxylic acids is 2. The molecule has 0 fully saturated rings. The molecule has 3 rings (SSSR count). The van der Waals surface area contributed by atoms with Crippen molar-refractivity contribution in [1.82, 2.24) is 0 Å². The number of hydrogen-bond donors (Lipinski definition) is 0. The van der Waals surface area contributed by atoms with E-state index in [1.54, 1.807) is 0 Å². The lowest BCUT2D eigenvalue weighted by molar-refractivity contribution is -0.385. The highest BCUT2D eigenvalue weighted by Gasteiger charge is 2.35. The number of fused-ring (bicyclic) bond motifs is 3. The summed E-state index contributed by atoms with van der Waals surface area (Å²) in [5, 5.41) is 22.4. The van der Waals surface area contributed by atoms with Crippen molar-refractivity contribution in [2.45, 2.75) is 45.4 Å². The van der Waals surface area contributed by atoms with Gasteiger partial charge < -0.3 is 4.74 Å². The lowest BCUT2D eigenvalue weighted by Gasteiger charge is -2.10. The van der Waals surface area contributed by atoms with Crippen molar-refractivity contribution in [3.05, 3.63) is 67.3 Å². The van der Waals surface area contributed by atoms with E-state index in [4.69, 9.17) is 4.74 Å². The second-order valence-corrected chi connectivity index (χ2v) is 7.39. The van der Waals surface area contributed by atoms with E-state index in [2.05, 4.69) is 6.92 Å². The Hall–Kier alpha value is -3.62. The largest absolute Gasteiger partial charge is 0.462 e. The van der Waals surface area contributed by atoms with E-state index in [-0.39, 0.29) is 34.5 Å². The zero-order valence-corrected chi connectivity index (χ0v) is 17.1. The minimum Gasteiger partial charge on any atom is -0.462 e. The fraction of sp³-hybridized carbons (Fsp3) is 0.364. The minimum atomic E-state index is -0.757.